The Bertz CT molecular complexity index is 1500. The first-order chi connectivity index (χ1) is 16.7. The van der Waals surface area contributed by atoms with Crippen LogP contribution in [0.2, 0.25) is 0 Å². The molecular formula is C28H26N4OS. The Balaban J connectivity index is 1.15. The molecule has 0 unspecified atom stereocenters. The molecule has 1 fully saturated rings. The molecule has 0 atom stereocenters. The third-order valence-electron chi connectivity index (χ3n) is 7.41. The lowest BCUT2D eigenvalue weighted by Gasteiger charge is -2.21. The fourth-order valence-electron chi connectivity index (χ4n) is 5.45. The molecule has 5 aromatic rings. The van der Waals surface area contributed by atoms with Gasteiger partial charge in [-0.1, -0.05) is 36.4 Å². The molecule has 2 aromatic carbocycles. The largest absolute Gasteiger partial charge is 0.381 e. The summed E-state index contributed by atoms with van der Waals surface area (Å²) < 4.78 is 7.43. The van der Waals surface area contributed by atoms with E-state index in [4.69, 9.17) is 9.84 Å². The molecule has 34 heavy (non-hydrogen) atoms. The van der Waals surface area contributed by atoms with Crippen molar-refractivity contribution in [2.45, 2.75) is 25.7 Å². The van der Waals surface area contributed by atoms with Crippen LogP contribution in [0.5, 0.6) is 0 Å². The summed E-state index contributed by atoms with van der Waals surface area (Å²) in [5.74, 6) is 0.761. The Morgan fingerprint density at radius 2 is 1.88 bits per heavy atom. The zero-order valence-electron chi connectivity index (χ0n) is 19.2. The first-order valence-corrected chi connectivity index (χ1v) is 12.8. The van der Waals surface area contributed by atoms with Crippen LogP contribution in [0, 0.1) is 5.92 Å². The van der Waals surface area contributed by atoms with Crippen molar-refractivity contribution in [3.8, 4) is 33.0 Å². The molecular weight excluding hydrogens is 440 g/mol. The molecule has 0 radical (unpaired) electrons. The van der Waals surface area contributed by atoms with E-state index in [1.165, 1.54) is 50.5 Å². The summed E-state index contributed by atoms with van der Waals surface area (Å²) in [6.07, 6.45) is 6.38. The number of nitrogens with one attached hydrogen (secondary N) is 1. The van der Waals surface area contributed by atoms with Gasteiger partial charge in [0.25, 0.3) is 0 Å². The summed E-state index contributed by atoms with van der Waals surface area (Å²) in [6, 6.07) is 18.0. The van der Waals surface area contributed by atoms with Crippen LogP contribution in [-0.2, 0) is 24.6 Å². The van der Waals surface area contributed by atoms with Crippen molar-refractivity contribution < 1.29 is 4.74 Å². The highest BCUT2D eigenvalue weighted by Crippen LogP contribution is 2.46. The van der Waals surface area contributed by atoms with Gasteiger partial charge in [-0.2, -0.15) is 10.2 Å². The minimum Gasteiger partial charge on any atom is -0.381 e. The zero-order chi connectivity index (χ0) is 22.6. The number of rotatable bonds is 4. The van der Waals surface area contributed by atoms with Crippen molar-refractivity contribution in [2.24, 2.45) is 13.0 Å². The van der Waals surface area contributed by atoms with Crippen LogP contribution in [0.15, 0.2) is 54.7 Å². The highest BCUT2D eigenvalue weighted by molar-refractivity contribution is 7.16. The standard InChI is InChI=1S/C28H26N4OS/c1-32-24-13-20(6-7-21(24)16-29-32)27-23-15-26-22(28(23)31-30-27)14-25(34-26)19-4-2-17(3-5-19)12-18-8-10-33-11-9-18/h2-7,13-14,16,18H,8-12,15H2,1H3,(H,30,31). The average molecular weight is 467 g/mol. The molecule has 1 aliphatic heterocycles. The Morgan fingerprint density at radius 3 is 2.74 bits per heavy atom. The van der Waals surface area contributed by atoms with Gasteiger partial charge < -0.3 is 4.74 Å². The van der Waals surface area contributed by atoms with Gasteiger partial charge in [-0.25, -0.2) is 0 Å². The van der Waals surface area contributed by atoms with Crippen molar-refractivity contribution in [1.82, 2.24) is 20.0 Å². The molecule has 5 nitrogen and oxygen atoms in total. The minimum absolute atomic E-state index is 0.761. The second-order valence-corrected chi connectivity index (χ2v) is 10.7. The van der Waals surface area contributed by atoms with Crippen molar-refractivity contribution in [1.29, 1.82) is 0 Å². The van der Waals surface area contributed by atoms with Gasteiger partial charge in [0.1, 0.15) is 0 Å². The van der Waals surface area contributed by atoms with Crippen molar-refractivity contribution in [3.05, 3.63) is 70.7 Å². The van der Waals surface area contributed by atoms with Crippen LogP contribution in [0.4, 0.5) is 0 Å². The monoisotopic (exact) mass is 466 g/mol. The summed E-state index contributed by atoms with van der Waals surface area (Å²) in [7, 11) is 1.98. The van der Waals surface area contributed by atoms with Gasteiger partial charge in [0.15, 0.2) is 0 Å². The number of aromatic amines is 1. The number of hydrogen-bond donors (Lipinski definition) is 1. The molecule has 3 aromatic heterocycles. The molecule has 0 amide bonds. The number of H-pyrrole nitrogens is 1. The number of aryl methyl sites for hydroxylation is 1. The van der Waals surface area contributed by atoms with E-state index in [2.05, 4.69) is 58.7 Å². The Morgan fingerprint density at radius 1 is 1.06 bits per heavy atom. The molecule has 1 aliphatic carbocycles. The molecule has 4 heterocycles. The molecule has 0 spiro atoms. The first-order valence-electron chi connectivity index (χ1n) is 12.0. The van der Waals surface area contributed by atoms with Gasteiger partial charge in [0.05, 0.1) is 23.1 Å². The number of hydrogen-bond acceptors (Lipinski definition) is 4. The summed E-state index contributed by atoms with van der Waals surface area (Å²) in [4.78, 5) is 2.76. The highest BCUT2D eigenvalue weighted by Gasteiger charge is 2.28. The first kappa shape index (κ1) is 20.2. The van der Waals surface area contributed by atoms with Crippen LogP contribution in [0.3, 0.4) is 0 Å². The minimum atomic E-state index is 0.761. The van der Waals surface area contributed by atoms with E-state index in [-0.39, 0.29) is 0 Å². The van der Waals surface area contributed by atoms with Gasteiger partial charge in [-0.05, 0) is 48.4 Å². The fraction of sp³-hybridized carbons (Fsp3) is 0.286. The predicted molar refractivity (Wildman–Crippen MR) is 137 cm³/mol. The van der Waals surface area contributed by atoms with Crippen LogP contribution >= 0.6 is 11.3 Å². The lowest BCUT2D eigenvalue weighted by molar-refractivity contribution is 0.0665. The number of nitrogens with zero attached hydrogens (tertiary/aromatic N) is 3. The molecule has 1 N–H and O–H groups in total. The van der Waals surface area contributed by atoms with Crippen LogP contribution < -0.4 is 0 Å². The Hall–Kier alpha value is -3.22. The van der Waals surface area contributed by atoms with E-state index in [1.807, 2.05) is 29.3 Å². The molecule has 0 saturated carbocycles. The van der Waals surface area contributed by atoms with Crippen molar-refractivity contribution >= 4 is 22.2 Å². The van der Waals surface area contributed by atoms with Gasteiger partial charge in [0.2, 0.25) is 0 Å². The molecule has 170 valence electrons. The Labute approximate surface area is 202 Å². The van der Waals surface area contributed by atoms with Crippen LogP contribution in [0.1, 0.15) is 28.8 Å². The van der Waals surface area contributed by atoms with Crippen molar-refractivity contribution in [3.63, 3.8) is 0 Å². The molecule has 0 bridgehead atoms. The SMILES string of the molecule is Cn1ncc2ccc(-c3n[nH]c4c3Cc3sc(-c5ccc(CC6CCOCC6)cc5)cc3-4)cc21. The lowest BCUT2D eigenvalue weighted by atomic mass is 9.92. The van der Waals surface area contributed by atoms with Gasteiger partial charge in [0, 0.05) is 58.5 Å². The summed E-state index contributed by atoms with van der Waals surface area (Å²) in [5, 5.41) is 13.6. The molecule has 2 aliphatic rings. The second-order valence-electron chi connectivity index (χ2n) is 9.55. The van der Waals surface area contributed by atoms with E-state index < -0.39 is 0 Å². The maximum Gasteiger partial charge on any atom is 0.0963 e. The van der Waals surface area contributed by atoms with E-state index in [0.29, 0.717) is 0 Å². The van der Waals surface area contributed by atoms with Gasteiger partial charge in [-0.3, -0.25) is 9.78 Å². The maximum atomic E-state index is 5.50. The summed E-state index contributed by atoms with van der Waals surface area (Å²) >= 11 is 1.91. The number of thiophene rings is 1. The summed E-state index contributed by atoms with van der Waals surface area (Å²) in [6.45, 7) is 1.83. The number of aromatic nitrogens is 4. The van der Waals surface area contributed by atoms with Crippen molar-refractivity contribution in [2.75, 3.05) is 13.2 Å². The normalized spacial score (nSPS) is 15.7. The highest BCUT2D eigenvalue weighted by atomic mass is 32.1. The quantitative estimate of drug-likeness (QED) is 0.335. The van der Waals surface area contributed by atoms with E-state index >= 15 is 0 Å². The van der Waals surface area contributed by atoms with Crippen LogP contribution in [-0.4, -0.2) is 33.2 Å². The van der Waals surface area contributed by atoms with E-state index in [0.717, 1.165) is 54.1 Å². The molecule has 1 saturated heterocycles. The maximum absolute atomic E-state index is 5.50. The van der Waals surface area contributed by atoms with Gasteiger partial charge >= 0.3 is 0 Å². The zero-order valence-corrected chi connectivity index (χ0v) is 20.0. The van der Waals surface area contributed by atoms with Crippen LogP contribution in [0.25, 0.3) is 43.9 Å². The number of ether oxygens (including phenoxy) is 1. The number of fused-ring (bicyclic) bond motifs is 4. The van der Waals surface area contributed by atoms with Gasteiger partial charge in [-0.15, -0.1) is 11.3 Å². The predicted octanol–water partition coefficient (Wildman–Crippen LogP) is 6.23. The topological polar surface area (TPSA) is 55.7 Å². The molecule has 6 heteroatoms. The van der Waals surface area contributed by atoms with E-state index in [9.17, 15) is 0 Å². The third kappa shape index (κ3) is 3.32. The average Bonchev–Trinajstić information content (AvgIpc) is 3.62. The second kappa shape index (κ2) is 7.93. The lowest BCUT2D eigenvalue weighted by Crippen LogP contribution is -2.17. The fourth-order valence-corrected chi connectivity index (χ4v) is 6.64. The third-order valence-corrected chi connectivity index (χ3v) is 8.59. The summed E-state index contributed by atoms with van der Waals surface area (Å²) in [5.41, 5.74) is 9.86. The van der Waals surface area contributed by atoms with E-state index in [1.54, 1.807) is 0 Å². The molecule has 7 rings (SSSR count). The number of benzene rings is 2. The smallest absolute Gasteiger partial charge is 0.0963 e. The Kier molecular flexibility index (Phi) is 4.71.